The molecule has 0 saturated heterocycles. The minimum Gasteiger partial charge on any atom is -0.388 e. The first-order valence-electron chi connectivity index (χ1n) is 6.01. The first-order chi connectivity index (χ1) is 9.11. The average molecular weight is 313 g/mol. The molecule has 0 amide bonds. The number of rotatable bonds is 4. The summed E-state index contributed by atoms with van der Waals surface area (Å²) in [5.41, 5.74) is 0.922. The summed E-state index contributed by atoms with van der Waals surface area (Å²) in [6.45, 7) is 1.96. The van der Waals surface area contributed by atoms with Gasteiger partial charge in [-0.05, 0) is 36.2 Å². The van der Waals surface area contributed by atoms with Crippen molar-refractivity contribution in [3.63, 3.8) is 0 Å². The summed E-state index contributed by atoms with van der Waals surface area (Å²) in [7, 11) is 0. The van der Waals surface area contributed by atoms with Crippen molar-refractivity contribution >= 4 is 35.0 Å². The van der Waals surface area contributed by atoms with Crippen LogP contribution in [0.2, 0.25) is 10.0 Å². The van der Waals surface area contributed by atoms with Crippen LogP contribution in [0, 0.1) is 0 Å². The van der Waals surface area contributed by atoms with Crippen molar-refractivity contribution in [1.29, 1.82) is 0 Å². The number of aliphatic hydroxyl groups excluding tert-OH is 1. The van der Waals surface area contributed by atoms with Crippen LogP contribution in [0.25, 0.3) is 0 Å². The van der Waals surface area contributed by atoms with Crippen LogP contribution in [0.5, 0.6) is 0 Å². The molecular formula is C15H14Cl2OS. The van der Waals surface area contributed by atoms with Crippen LogP contribution in [0.1, 0.15) is 25.0 Å². The third-order valence-corrected chi connectivity index (χ3v) is 4.60. The van der Waals surface area contributed by atoms with Gasteiger partial charge in [-0.3, -0.25) is 0 Å². The Morgan fingerprint density at radius 1 is 1.11 bits per heavy atom. The Balaban J connectivity index is 2.35. The van der Waals surface area contributed by atoms with Gasteiger partial charge in [-0.25, -0.2) is 0 Å². The van der Waals surface area contributed by atoms with Gasteiger partial charge in [0.25, 0.3) is 0 Å². The molecule has 2 rings (SSSR count). The molecule has 0 bridgehead atoms. The summed E-state index contributed by atoms with van der Waals surface area (Å²) in [6, 6.07) is 13.2. The van der Waals surface area contributed by atoms with Crippen LogP contribution < -0.4 is 0 Å². The van der Waals surface area contributed by atoms with Crippen molar-refractivity contribution in [2.45, 2.75) is 29.2 Å². The molecule has 0 unspecified atom stereocenters. The number of halogens is 2. The van der Waals surface area contributed by atoms with E-state index in [9.17, 15) is 5.11 Å². The third kappa shape index (κ3) is 3.67. The van der Waals surface area contributed by atoms with Gasteiger partial charge in [-0.1, -0.05) is 60.1 Å². The Morgan fingerprint density at radius 2 is 1.84 bits per heavy atom. The van der Waals surface area contributed by atoms with E-state index >= 15 is 0 Å². The van der Waals surface area contributed by atoms with Gasteiger partial charge in [0, 0.05) is 14.8 Å². The number of aliphatic hydroxyl groups is 1. The highest BCUT2D eigenvalue weighted by Gasteiger charge is 2.12. The highest BCUT2D eigenvalue weighted by molar-refractivity contribution is 7.99. The van der Waals surface area contributed by atoms with Crippen molar-refractivity contribution in [2.75, 3.05) is 0 Å². The molecule has 2 aromatic carbocycles. The quantitative estimate of drug-likeness (QED) is 0.794. The Morgan fingerprint density at radius 3 is 2.58 bits per heavy atom. The number of hydrogen-bond acceptors (Lipinski definition) is 2. The molecular weight excluding hydrogens is 299 g/mol. The van der Waals surface area contributed by atoms with Crippen LogP contribution >= 0.6 is 35.0 Å². The van der Waals surface area contributed by atoms with Crippen molar-refractivity contribution in [3.8, 4) is 0 Å². The van der Waals surface area contributed by atoms with Crippen molar-refractivity contribution < 1.29 is 5.11 Å². The summed E-state index contributed by atoms with van der Waals surface area (Å²) < 4.78 is 0. The Labute approximate surface area is 127 Å². The SMILES string of the molecule is CC[C@H](O)c1ccccc1Sc1cc(Cl)ccc1Cl. The lowest BCUT2D eigenvalue weighted by Gasteiger charge is -2.14. The molecule has 0 aliphatic rings. The molecule has 0 aliphatic carbocycles. The van der Waals surface area contributed by atoms with E-state index < -0.39 is 6.10 Å². The van der Waals surface area contributed by atoms with Gasteiger partial charge >= 0.3 is 0 Å². The summed E-state index contributed by atoms with van der Waals surface area (Å²) in [5.74, 6) is 0. The average Bonchev–Trinajstić information content (AvgIpc) is 2.42. The Hall–Kier alpha value is -0.670. The normalized spacial score (nSPS) is 12.4. The molecule has 100 valence electrons. The maximum Gasteiger partial charge on any atom is 0.0798 e. The van der Waals surface area contributed by atoms with Crippen molar-refractivity contribution in [2.24, 2.45) is 0 Å². The zero-order chi connectivity index (χ0) is 13.8. The fraction of sp³-hybridized carbons (Fsp3) is 0.200. The fourth-order valence-electron chi connectivity index (χ4n) is 1.74. The Bertz CT molecular complexity index is 572. The van der Waals surface area contributed by atoms with Gasteiger partial charge < -0.3 is 5.11 Å². The minimum atomic E-state index is -0.457. The van der Waals surface area contributed by atoms with E-state index in [1.807, 2.05) is 37.3 Å². The minimum absolute atomic E-state index is 0.457. The lowest BCUT2D eigenvalue weighted by molar-refractivity contribution is 0.171. The van der Waals surface area contributed by atoms with Gasteiger partial charge in [-0.15, -0.1) is 0 Å². The van der Waals surface area contributed by atoms with Gasteiger partial charge in [0.2, 0.25) is 0 Å². The molecule has 0 spiro atoms. The second kappa shape index (κ2) is 6.67. The molecule has 0 fully saturated rings. The van der Waals surface area contributed by atoms with Crippen molar-refractivity contribution in [1.82, 2.24) is 0 Å². The molecule has 1 nitrogen and oxygen atoms in total. The standard InChI is InChI=1S/C15H14Cl2OS/c1-2-13(18)11-5-3-4-6-14(11)19-15-9-10(16)7-8-12(15)17/h3-9,13,18H,2H2,1H3/t13-/m0/s1. The van der Waals surface area contributed by atoms with Gasteiger partial charge in [-0.2, -0.15) is 0 Å². The Kier molecular flexibility index (Phi) is 5.17. The van der Waals surface area contributed by atoms with Gasteiger partial charge in [0.05, 0.1) is 11.1 Å². The monoisotopic (exact) mass is 312 g/mol. The highest BCUT2D eigenvalue weighted by Crippen LogP contribution is 2.38. The summed E-state index contributed by atoms with van der Waals surface area (Å²) in [6.07, 6.45) is 0.225. The van der Waals surface area contributed by atoms with E-state index in [4.69, 9.17) is 23.2 Å². The van der Waals surface area contributed by atoms with Crippen molar-refractivity contribution in [3.05, 3.63) is 58.1 Å². The van der Waals surface area contributed by atoms with Crippen LogP contribution in [0.15, 0.2) is 52.3 Å². The molecule has 0 radical (unpaired) electrons. The first kappa shape index (κ1) is 14.7. The fourth-order valence-corrected chi connectivity index (χ4v) is 3.27. The first-order valence-corrected chi connectivity index (χ1v) is 7.59. The molecule has 0 aliphatic heterocycles. The number of hydrogen-bond donors (Lipinski definition) is 1. The van der Waals surface area contributed by atoms with Gasteiger partial charge in [0.1, 0.15) is 0 Å². The van der Waals surface area contributed by atoms with Gasteiger partial charge in [0.15, 0.2) is 0 Å². The maximum atomic E-state index is 10.0. The van der Waals surface area contributed by atoms with Crippen LogP contribution in [0.3, 0.4) is 0 Å². The van der Waals surface area contributed by atoms with Crippen LogP contribution in [-0.2, 0) is 0 Å². The maximum absolute atomic E-state index is 10.0. The molecule has 0 saturated carbocycles. The molecule has 2 aromatic rings. The number of benzene rings is 2. The van der Waals surface area contributed by atoms with E-state index in [0.717, 1.165) is 15.4 Å². The molecule has 1 atom stereocenters. The molecule has 1 N–H and O–H groups in total. The zero-order valence-corrected chi connectivity index (χ0v) is 12.8. The van der Waals surface area contributed by atoms with Crippen LogP contribution in [0.4, 0.5) is 0 Å². The topological polar surface area (TPSA) is 20.2 Å². The predicted octanol–water partition coefficient (Wildman–Crippen LogP) is 5.59. The van der Waals surface area contributed by atoms with E-state index in [-0.39, 0.29) is 0 Å². The second-order valence-electron chi connectivity index (χ2n) is 4.14. The van der Waals surface area contributed by atoms with E-state index in [1.165, 1.54) is 11.8 Å². The molecule has 0 heterocycles. The molecule has 19 heavy (non-hydrogen) atoms. The lowest BCUT2D eigenvalue weighted by atomic mass is 10.1. The largest absolute Gasteiger partial charge is 0.388 e. The summed E-state index contributed by atoms with van der Waals surface area (Å²) >= 11 is 13.7. The third-order valence-electron chi connectivity index (χ3n) is 2.78. The summed E-state index contributed by atoms with van der Waals surface area (Å²) in [4.78, 5) is 1.89. The lowest BCUT2D eigenvalue weighted by Crippen LogP contribution is -1.97. The van der Waals surface area contributed by atoms with Crippen LogP contribution in [-0.4, -0.2) is 5.11 Å². The smallest absolute Gasteiger partial charge is 0.0798 e. The highest BCUT2D eigenvalue weighted by atomic mass is 35.5. The zero-order valence-electron chi connectivity index (χ0n) is 10.4. The van der Waals surface area contributed by atoms with E-state index in [2.05, 4.69) is 0 Å². The second-order valence-corrected chi connectivity index (χ2v) is 6.07. The molecule has 4 heteroatoms. The summed E-state index contributed by atoms with van der Waals surface area (Å²) in [5, 5.41) is 11.4. The predicted molar refractivity (Wildman–Crippen MR) is 82.3 cm³/mol. The van der Waals surface area contributed by atoms with E-state index in [0.29, 0.717) is 16.5 Å². The van der Waals surface area contributed by atoms with E-state index in [1.54, 1.807) is 12.1 Å². The molecule has 0 aromatic heterocycles.